The first kappa shape index (κ1) is 13.0. The summed E-state index contributed by atoms with van der Waals surface area (Å²) in [6.45, 7) is 1.53. The van der Waals surface area contributed by atoms with Gasteiger partial charge in [0.15, 0.2) is 0 Å². The van der Waals surface area contributed by atoms with Crippen LogP contribution in [-0.4, -0.2) is 19.0 Å². The van der Waals surface area contributed by atoms with Gasteiger partial charge in [0.05, 0.1) is 0 Å². The number of carbonyl (C=O) groups excluding carboxylic acids is 1. The molecule has 1 fully saturated rings. The van der Waals surface area contributed by atoms with E-state index in [1.807, 2.05) is 0 Å². The lowest BCUT2D eigenvalue weighted by Gasteiger charge is -2.21. The van der Waals surface area contributed by atoms with Crippen LogP contribution in [0.15, 0.2) is 18.2 Å². The highest BCUT2D eigenvalue weighted by Gasteiger charge is 2.21. The molecule has 1 aromatic rings. The lowest BCUT2D eigenvalue weighted by atomic mass is 9.97. The minimum Gasteiger partial charge on any atom is -0.352 e. The lowest BCUT2D eigenvalue weighted by Crippen LogP contribution is -2.38. The number of halogens is 2. The van der Waals surface area contributed by atoms with E-state index in [4.69, 9.17) is 0 Å². The highest BCUT2D eigenvalue weighted by atomic mass is 19.1. The van der Waals surface area contributed by atoms with Crippen LogP contribution in [0.4, 0.5) is 8.78 Å². The highest BCUT2D eigenvalue weighted by molar-refractivity contribution is 5.78. The fourth-order valence-corrected chi connectivity index (χ4v) is 2.11. The molecule has 98 valence electrons. The maximum absolute atomic E-state index is 13.3. The molecule has 0 aromatic heterocycles. The normalized spacial score (nSPS) is 16.6. The Morgan fingerprint density at radius 3 is 2.50 bits per heavy atom. The second kappa shape index (κ2) is 5.91. The summed E-state index contributed by atoms with van der Waals surface area (Å²) in [5.74, 6) is -1.43. The van der Waals surface area contributed by atoms with Gasteiger partial charge in [-0.15, -0.1) is 0 Å². The van der Waals surface area contributed by atoms with E-state index in [0.29, 0.717) is 0 Å². The van der Waals surface area contributed by atoms with Crippen LogP contribution in [0.1, 0.15) is 18.4 Å². The lowest BCUT2D eigenvalue weighted by molar-refractivity contribution is -0.125. The van der Waals surface area contributed by atoms with Crippen molar-refractivity contribution in [3.63, 3.8) is 0 Å². The fourth-order valence-electron chi connectivity index (χ4n) is 2.11. The van der Waals surface area contributed by atoms with Gasteiger partial charge in [-0.3, -0.25) is 4.79 Å². The van der Waals surface area contributed by atoms with Crippen LogP contribution in [-0.2, 0) is 11.3 Å². The molecule has 0 unspecified atom stereocenters. The Bertz CT molecular complexity index is 411. The third kappa shape index (κ3) is 3.04. The van der Waals surface area contributed by atoms with Gasteiger partial charge in [-0.25, -0.2) is 8.78 Å². The van der Waals surface area contributed by atoms with Gasteiger partial charge in [0.2, 0.25) is 5.91 Å². The van der Waals surface area contributed by atoms with Gasteiger partial charge in [0, 0.05) is 18.0 Å². The molecule has 0 radical (unpaired) electrons. The number of hydrogen-bond acceptors (Lipinski definition) is 2. The molecule has 0 bridgehead atoms. The van der Waals surface area contributed by atoms with E-state index in [-0.39, 0.29) is 23.9 Å². The van der Waals surface area contributed by atoms with Crippen molar-refractivity contribution in [2.45, 2.75) is 19.4 Å². The summed E-state index contributed by atoms with van der Waals surface area (Å²) in [6.07, 6.45) is 1.54. The summed E-state index contributed by atoms with van der Waals surface area (Å²) in [5.41, 5.74) is -0.0835. The Morgan fingerprint density at radius 2 is 1.89 bits per heavy atom. The molecule has 1 aliphatic heterocycles. The quantitative estimate of drug-likeness (QED) is 0.860. The minimum absolute atomic E-state index is 0.0546. The van der Waals surface area contributed by atoms with Gasteiger partial charge in [-0.2, -0.15) is 0 Å². The molecule has 18 heavy (non-hydrogen) atoms. The highest BCUT2D eigenvalue weighted by Crippen LogP contribution is 2.14. The maximum atomic E-state index is 13.3. The second-order valence-corrected chi connectivity index (χ2v) is 4.44. The average Bonchev–Trinajstić information content (AvgIpc) is 2.39. The van der Waals surface area contributed by atoms with Crippen molar-refractivity contribution in [1.82, 2.24) is 10.6 Å². The molecule has 1 heterocycles. The van der Waals surface area contributed by atoms with Gasteiger partial charge < -0.3 is 10.6 Å². The van der Waals surface area contributed by atoms with E-state index >= 15 is 0 Å². The van der Waals surface area contributed by atoms with Crippen LogP contribution in [0.5, 0.6) is 0 Å². The molecule has 1 saturated heterocycles. The molecule has 0 atom stereocenters. The first-order valence-corrected chi connectivity index (χ1v) is 6.10. The summed E-state index contributed by atoms with van der Waals surface area (Å²) in [4.78, 5) is 11.8. The van der Waals surface area contributed by atoms with Crippen LogP contribution in [0, 0.1) is 17.6 Å². The van der Waals surface area contributed by atoms with Gasteiger partial charge in [-0.1, -0.05) is 6.07 Å². The number of carbonyl (C=O) groups is 1. The molecule has 1 aromatic carbocycles. The van der Waals surface area contributed by atoms with Crippen molar-refractivity contribution in [3.8, 4) is 0 Å². The largest absolute Gasteiger partial charge is 0.352 e. The number of piperidine rings is 1. The standard InChI is InChI=1S/C13H16F2N2O/c14-11-2-1-3-12(15)10(11)8-17-13(18)9-4-6-16-7-5-9/h1-3,9,16H,4-8H2,(H,17,18). The SMILES string of the molecule is O=C(NCc1c(F)cccc1F)C1CCNCC1. The van der Waals surface area contributed by atoms with E-state index in [2.05, 4.69) is 10.6 Å². The van der Waals surface area contributed by atoms with Crippen LogP contribution < -0.4 is 10.6 Å². The molecule has 5 heteroatoms. The Morgan fingerprint density at radius 1 is 1.28 bits per heavy atom. The van der Waals surface area contributed by atoms with Crippen LogP contribution in [0.2, 0.25) is 0 Å². The zero-order chi connectivity index (χ0) is 13.0. The predicted octanol–water partition coefficient (Wildman–Crippen LogP) is 1.58. The molecule has 3 nitrogen and oxygen atoms in total. The molecule has 2 rings (SSSR count). The smallest absolute Gasteiger partial charge is 0.223 e. The number of nitrogens with one attached hydrogen (secondary N) is 2. The van der Waals surface area contributed by atoms with Crippen molar-refractivity contribution in [2.75, 3.05) is 13.1 Å². The topological polar surface area (TPSA) is 41.1 Å². The van der Waals surface area contributed by atoms with E-state index in [0.717, 1.165) is 25.9 Å². The Labute approximate surface area is 105 Å². The molecule has 0 saturated carbocycles. The van der Waals surface area contributed by atoms with Crippen LogP contribution >= 0.6 is 0 Å². The molecule has 1 aliphatic rings. The number of amides is 1. The average molecular weight is 254 g/mol. The zero-order valence-corrected chi connectivity index (χ0v) is 10.0. The predicted molar refractivity (Wildman–Crippen MR) is 63.8 cm³/mol. The minimum atomic E-state index is -0.624. The molecule has 1 amide bonds. The van der Waals surface area contributed by atoms with Gasteiger partial charge in [0.1, 0.15) is 11.6 Å². The summed E-state index contributed by atoms with van der Waals surface area (Å²) in [5, 5.41) is 5.77. The zero-order valence-electron chi connectivity index (χ0n) is 10.0. The van der Waals surface area contributed by atoms with Gasteiger partial charge in [-0.05, 0) is 38.1 Å². The van der Waals surface area contributed by atoms with Crippen molar-refractivity contribution in [3.05, 3.63) is 35.4 Å². The Hall–Kier alpha value is -1.49. The van der Waals surface area contributed by atoms with Crippen molar-refractivity contribution in [1.29, 1.82) is 0 Å². The molecule has 0 spiro atoms. The van der Waals surface area contributed by atoms with Crippen molar-refractivity contribution >= 4 is 5.91 Å². The summed E-state index contributed by atoms with van der Waals surface area (Å²) in [7, 11) is 0. The second-order valence-electron chi connectivity index (χ2n) is 4.44. The number of rotatable bonds is 3. The van der Waals surface area contributed by atoms with E-state index in [9.17, 15) is 13.6 Å². The monoisotopic (exact) mass is 254 g/mol. The maximum Gasteiger partial charge on any atom is 0.223 e. The third-order valence-corrected chi connectivity index (χ3v) is 3.21. The van der Waals surface area contributed by atoms with Gasteiger partial charge in [0.25, 0.3) is 0 Å². The van der Waals surface area contributed by atoms with Crippen LogP contribution in [0.25, 0.3) is 0 Å². The fraction of sp³-hybridized carbons (Fsp3) is 0.462. The van der Waals surface area contributed by atoms with Crippen LogP contribution in [0.3, 0.4) is 0 Å². The van der Waals surface area contributed by atoms with Crippen molar-refractivity contribution < 1.29 is 13.6 Å². The van der Waals surface area contributed by atoms with Crippen molar-refractivity contribution in [2.24, 2.45) is 5.92 Å². The summed E-state index contributed by atoms with van der Waals surface area (Å²) >= 11 is 0. The first-order valence-electron chi connectivity index (χ1n) is 6.10. The number of benzene rings is 1. The van der Waals surface area contributed by atoms with E-state index in [1.54, 1.807) is 0 Å². The summed E-state index contributed by atoms with van der Waals surface area (Å²) in [6, 6.07) is 3.69. The molecule has 0 aliphatic carbocycles. The Balaban J connectivity index is 1.92. The summed E-state index contributed by atoms with van der Waals surface area (Å²) < 4.78 is 26.7. The van der Waals surface area contributed by atoms with Gasteiger partial charge >= 0.3 is 0 Å². The van der Waals surface area contributed by atoms with E-state index in [1.165, 1.54) is 18.2 Å². The third-order valence-electron chi connectivity index (χ3n) is 3.21. The molecule has 2 N–H and O–H groups in total. The first-order chi connectivity index (χ1) is 8.68. The van der Waals surface area contributed by atoms with E-state index < -0.39 is 11.6 Å². The molecular weight excluding hydrogens is 238 g/mol. The number of hydrogen-bond donors (Lipinski definition) is 2. The Kier molecular flexibility index (Phi) is 4.25. The molecular formula is C13H16F2N2O.